The molecule has 1 amide bonds. The summed E-state index contributed by atoms with van der Waals surface area (Å²) >= 11 is 0. The van der Waals surface area contributed by atoms with Gasteiger partial charge in [0.2, 0.25) is 0 Å². The van der Waals surface area contributed by atoms with Crippen LogP contribution in [0.4, 0.5) is 5.69 Å². The smallest absolute Gasteiger partial charge is 0.254 e. The molecule has 152 valence electrons. The zero-order valence-corrected chi connectivity index (χ0v) is 17.0. The van der Waals surface area contributed by atoms with E-state index in [9.17, 15) is 9.59 Å². The van der Waals surface area contributed by atoms with E-state index in [-0.39, 0.29) is 11.7 Å². The first-order chi connectivity index (χ1) is 14.7. The van der Waals surface area contributed by atoms with Gasteiger partial charge >= 0.3 is 0 Å². The Morgan fingerprint density at radius 3 is 1.97 bits per heavy atom. The number of methoxy groups -OCH3 is 1. The van der Waals surface area contributed by atoms with Crippen LogP contribution < -0.4 is 9.64 Å². The molecule has 3 aromatic carbocycles. The minimum Gasteiger partial charge on any atom is -0.497 e. The average Bonchev–Trinajstić information content (AvgIpc) is 2.84. The zero-order valence-electron chi connectivity index (χ0n) is 17.0. The monoisotopic (exact) mass is 400 g/mol. The molecule has 5 nitrogen and oxygen atoms in total. The predicted molar refractivity (Wildman–Crippen MR) is 117 cm³/mol. The second kappa shape index (κ2) is 8.82. The minimum atomic E-state index is -0.128. The molecule has 1 saturated heterocycles. The van der Waals surface area contributed by atoms with Gasteiger partial charge < -0.3 is 14.5 Å². The fraction of sp³-hybridized carbons (Fsp3) is 0.200. The topological polar surface area (TPSA) is 49.9 Å². The van der Waals surface area contributed by atoms with Gasteiger partial charge in [-0.1, -0.05) is 48.5 Å². The fourth-order valence-electron chi connectivity index (χ4n) is 3.74. The lowest BCUT2D eigenvalue weighted by Gasteiger charge is -2.36. The largest absolute Gasteiger partial charge is 0.497 e. The number of benzene rings is 3. The van der Waals surface area contributed by atoms with E-state index in [4.69, 9.17) is 4.74 Å². The quantitative estimate of drug-likeness (QED) is 0.610. The van der Waals surface area contributed by atoms with Gasteiger partial charge in [-0.05, 0) is 30.3 Å². The van der Waals surface area contributed by atoms with Gasteiger partial charge in [-0.2, -0.15) is 0 Å². The first kappa shape index (κ1) is 19.7. The summed E-state index contributed by atoms with van der Waals surface area (Å²) in [6.07, 6.45) is 0. The van der Waals surface area contributed by atoms with Crippen LogP contribution in [0.15, 0.2) is 78.9 Å². The van der Waals surface area contributed by atoms with Crippen molar-refractivity contribution in [2.24, 2.45) is 0 Å². The Balaban J connectivity index is 1.48. The molecule has 4 rings (SSSR count). The Bertz CT molecular complexity index is 1020. The number of piperazine rings is 1. The van der Waals surface area contributed by atoms with Crippen molar-refractivity contribution >= 4 is 17.4 Å². The fourth-order valence-corrected chi connectivity index (χ4v) is 3.74. The molecule has 30 heavy (non-hydrogen) atoms. The minimum absolute atomic E-state index is 0.0933. The van der Waals surface area contributed by atoms with Crippen molar-refractivity contribution in [2.45, 2.75) is 0 Å². The van der Waals surface area contributed by atoms with Gasteiger partial charge in [-0.15, -0.1) is 0 Å². The van der Waals surface area contributed by atoms with Gasteiger partial charge in [-0.25, -0.2) is 0 Å². The number of ether oxygens (including phenoxy) is 1. The summed E-state index contributed by atoms with van der Waals surface area (Å²) in [6.45, 7) is 2.71. The number of hydrogen-bond donors (Lipinski definition) is 0. The molecule has 1 fully saturated rings. The Hall–Kier alpha value is -3.60. The summed E-state index contributed by atoms with van der Waals surface area (Å²) in [5.41, 5.74) is 2.61. The average molecular weight is 400 g/mol. The molecule has 0 spiro atoms. The summed E-state index contributed by atoms with van der Waals surface area (Å²) in [4.78, 5) is 30.3. The van der Waals surface area contributed by atoms with E-state index >= 15 is 0 Å². The van der Waals surface area contributed by atoms with Crippen LogP contribution in [0.5, 0.6) is 5.75 Å². The van der Waals surface area contributed by atoms with E-state index in [1.165, 1.54) is 0 Å². The Kier molecular flexibility index (Phi) is 5.80. The lowest BCUT2D eigenvalue weighted by molar-refractivity contribution is 0.0742. The highest BCUT2D eigenvalue weighted by Gasteiger charge is 2.25. The van der Waals surface area contributed by atoms with E-state index in [0.29, 0.717) is 29.8 Å². The van der Waals surface area contributed by atoms with Gasteiger partial charge in [0, 0.05) is 43.0 Å². The number of anilines is 1. The summed E-state index contributed by atoms with van der Waals surface area (Å²) in [6, 6.07) is 24.1. The van der Waals surface area contributed by atoms with Gasteiger partial charge in [0.1, 0.15) is 5.75 Å². The maximum absolute atomic E-state index is 13.2. The van der Waals surface area contributed by atoms with E-state index in [1.54, 1.807) is 37.4 Å². The zero-order chi connectivity index (χ0) is 20.9. The summed E-state index contributed by atoms with van der Waals surface area (Å²) in [7, 11) is 1.65. The number of carbonyl (C=O) groups excluding carboxylic acids is 2. The van der Waals surface area contributed by atoms with Crippen LogP contribution in [0.3, 0.4) is 0 Å². The Labute approximate surface area is 176 Å². The highest BCUT2D eigenvalue weighted by molar-refractivity contribution is 6.15. The van der Waals surface area contributed by atoms with Crippen molar-refractivity contribution in [1.82, 2.24) is 4.90 Å². The molecule has 0 N–H and O–H groups in total. The van der Waals surface area contributed by atoms with Gasteiger partial charge in [0.25, 0.3) is 5.91 Å². The van der Waals surface area contributed by atoms with E-state index in [1.807, 2.05) is 53.4 Å². The summed E-state index contributed by atoms with van der Waals surface area (Å²) < 4.78 is 5.22. The molecule has 0 aromatic heterocycles. The van der Waals surface area contributed by atoms with Crippen LogP contribution in [0.1, 0.15) is 26.3 Å². The summed E-state index contributed by atoms with van der Waals surface area (Å²) in [5.74, 6) is 0.605. The number of amides is 1. The van der Waals surface area contributed by atoms with E-state index in [2.05, 4.69) is 4.90 Å². The van der Waals surface area contributed by atoms with E-state index in [0.717, 1.165) is 24.5 Å². The molecule has 0 radical (unpaired) electrons. The molecular formula is C25H24N2O3. The van der Waals surface area contributed by atoms with Crippen LogP contribution in [0.2, 0.25) is 0 Å². The molecule has 1 aliphatic heterocycles. The van der Waals surface area contributed by atoms with Gasteiger partial charge in [0.05, 0.1) is 12.7 Å². The molecule has 1 aliphatic rings. The van der Waals surface area contributed by atoms with Crippen LogP contribution in [0.25, 0.3) is 0 Å². The lowest BCUT2D eigenvalue weighted by atomic mass is 9.97. The molecule has 0 aliphatic carbocycles. The maximum atomic E-state index is 13.2. The molecule has 5 heteroatoms. The second-order valence-corrected chi connectivity index (χ2v) is 7.22. The lowest BCUT2D eigenvalue weighted by Crippen LogP contribution is -2.49. The Morgan fingerprint density at radius 1 is 0.733 bits per heavy atom. The highest BCUT2D eigenvalue weighted by atomic mass is 16.5. The molecule has 1 heterocycles. The first-order valence-electron chi connectivity index (χ1n) is 10.0. The van der Waals surface area contributed by atoms with Crippen LogP contribution in [-0.4, -0.2) is 49.9 Å². The Morgan fingerprint density at radius 2 is 1.33 bits per heavy atom. The van der Waals surface area contributed by atoms with Gasteiger partial charge in [0.15, 0.2) is 5.78 Å². The molecule has 0 bridgehead atoms. The summed E-state index contributed by atoms with van der Waals surface area (Å²) in [5, 5.41) is 0. The third-order valence-electron chi connectivity index (χ3n) is 5.44. The van der Waals surface area contributed by atoms with Crippen LogP contribution in [0, 0.1) is 0 Å². The van der Waals surface area contributed by atoms with Gasteiger partial charge in [-0.3, -0.25) is 9.59 Å². The number of ketones is 1. The molecule has 0 atom stereocenters. The van der Waals surface area contributed by atoms with Crippen molar-refractivity contribution in [3.05, 3.63) is 95.6 Å². The van der Waals surface area contributed by atoms with Crippen molar-refractivity contribution in [2.75, 3.05) is 38.2 Å². The molecule has 3 aromatic rings. The highest BCUT2D eigenvalue weighted by Crippen LogP contribution is 2.22. The van der Waals surface area contributed by atoms with E-state index < -0.39 is 0 Å². The van der Waals surface area contributed by atoms with Crippen LogP contribution in [-0.2, 0) is 0 Å². The van der Waals surface area contributed by atoms with Crippen LogP contribution >= 0.6 is 0 Å². The third kappa shape index (κ3) is 4.06. The molecule has 0 saturated carbocycles. The number of rotatable bonds is 5. The van der Waals surface area contributed by atoms with Crippen molar-refractivity contribution < 1.29 is 14.3 Å². The molecular weight excluding hydrogens is 376 g/mol. The maximum Gasteiger partial charge on any atom is 0.254 e. The van der Waals surface area contributed by atoms with Crippen molar-refractivity contribution in [3.8, 4) is 5.75 Å². The van der Waals surface area contributed by atoms with Crippen molar-refractivity contribution in [1.29, 1.82) is 0 Å². The first-order valence-corrected chi connectivity index (χ1v) is 10.0. The number of nitrogens with zero attached hydrogens (tertiary/aromatic N) is 2. The predicted octanol–water partition coefficient (Wildman–Crippen LogP) is 3.89. The normalized spacial score (nSPS) is 13.8. The third-order valence-corrected chi connectivity index (χ3v) is 5.44. The molecule has 0 unspecified atom stereocenters. The second-order valence-electron chi connectivity index (χ2n) is 7.22. The van der Waals surface area contributed by atoms with Crippen molar-refractivity contribution in [3.63, 3.8) is 0 Å². The number of carbonyl (C=O) groups is 2. The SMILES string of the molecule is COc1ccc(N2CCN(C(=O)c3ccccc3C(=O)c3ccccc3)CC2)cc1. The number of hydrogen-bond acceptors (Lipinski definition) is 4. The standard InChI is InChI=1S/C25H24N2O3/c1-30-21-13-11-20(12-14-21)26-15-17-27(18-16-26)25(29)23-10-6-5-9-22(23)24(28)19-7-3-2-4-8-19/h2-14H,15-18H2,1H3.